The van der Waals surface area contributed by atoms with Gasteiger partial charge in [-0.25, -0.2) is 9.78 Å². The van der Waals surface area contributed by atoms with Crippen molar-refractivity contribution in [2.24, 2.45) is 0 Å². The molecule has 5 heteroatoms. The number of carbonyl (C=O) groups excluding carboxylic acids is 1. The largest absolute Gasteiger partial charge is 0.493 e. The fraction of sp³-hybridized carbons (Fsp3) is 0.125. The van der Waals surface area contributed by atoms with Gasteiger partial charge in [-0.2, -0.15) is 0 Å². The van der Waals surface area contributed by atoms with Gasteiger partial charge in [-0.1, -0.05) is 29.8 Å². The molecule has 0 bridgehead atoms. The Morgan fingerprint density at radius 1 is 1.29 bits per heavy atom. The lowest BCUT2D eigenvalue weighted by molar-refractivity contribution is 0.0729. The molecule has 0 spiro atoms. The third kappa shape index (κ3) is 3.61. The Labute approximate surface area is 128 Å². The SMILES string of the molecule is CC=Cc1ccc(OC(=O)c2cccnc2Cl)c(OC)c1. The predicted octanol–water partition coefficient (Wildman–Crippen LogP) is 4.00. The van der Waals surface area contributed by atoms with Gasteiger partial charge in [0.15, 0.2) is 11.5 Å². The standard InChI is InChI=1S/C16H14ClNO3/c1-3-5-11-7-8-13(14(10-11)20-2)21-16(19)12-6-4-9-18-15(12)17/h3-10H,1-2H3. The summed E-state index contributed by atoms with van der Waals surface area (Å²) < 4.78 is 10.6. The zero-order valence-electron chi connectivity index (χ0n) is 11.7. The van der Waals surface area contributed by atoms with Crippen molar-refractivity contribution in [1.29, 1.82) is 0 Å². The molecule has 1 aromatic heterocycles. The summed E-state index contributed by atoms with van der Waals surface area (Å²) in [5.74, 6) is 0.222. The van der Waals surface area contributed by atoms with Gasteiger partial charge in [0.05, 0.1) is 12.7 Å². The Balaban J connectivity index is 2.27. The fourth-order valence-electron chi connectivity index (χ4n) is 1.76. The van der Waals surface area contributed by atoms with E-state index < -0.39 is 5.97 Å². The first-order valence-electron chi connectivity index (χ1n) is 6.29. The third-order valence-electron chi connectivity index (χ3n) is 2.73. The van der Waals surface area contributed by atoms with Gasteiger partial charge in [0.1, 0.15) is 5.15 Å². The van der Waals surface area contributed by atoms with Gasteiger partial charge >= 0.3 is 5.97 Å². The average Bonchev–Trinajstić information content (AvgIpc) is 2.49. The number of allylic oxidation sites excluding steroid dienone is 1. The van der Waals surface area contributed by atoms with E-state index in [9.17, 15) is 4.79 Å². The van der Waals surface area contributed by atoms with E-state index in [0.717, 1.165) is 5.56 Å². The Morgan fingerprint density at radius 2 is 2.10 bits per heavy atom. The van der Waals surface area contributed by atoms with Crippen molar-refractivity contribution < 1.29 is 14.3 Å². The number of hydrogen-bond acceptors (Lipinski definition) is 4. The molecule has 0 aliphatic heterocycles. The lowest BCUT2D eigenvalue weighted by Gasteiger charge is -2.10. The molecule has 2 aromatic rings. The summed E-state index contributed by atoms with van der Waals surface area (Å²) in [6.45, 7) is 1.92. The molecule has 0 atom stereocenters. The van der Waals surface area contributed by atoms with E-state index in [4.69, 9.17) is 21.1 Å². The summed E-state index contributed by atoms with van der Waals surface area (Å²) in [5, 5.41) is 0.104. The highest BCUT2D eigenvalue weighted by Gasteiger charge is 2.15. The number of methoxy groups -OCH3 is 1. The van der Waals surface area contributed by atoms with Crippen LogP contribution in [-0.2, 0) is 0 Å². The van der Waals surface area contributed by atoms with Crippen LogP contribution in [0.3, 0.4) is 0 Å². The van der Waals surface area contributed by atoms with Crippen molar-refractivity contribution in [3.63, 3.8) is 0 Å². The molecule has 4 nitrogen and oxygen atoms in total. The number of nitrogens with zero attached hydrogens (tertiary/aromatic N) is 1. The van der Waals surface area contributed by atoms with Gasteiger partial charge < -0.3 is 9.47 Å². The number of halogens is 1. The third-order valence-corrected chi connectivity index (χ3v) is 3.03. The Hall–Kier alpha value is -2.33. The summed E-state index contributed by atoms with van der Waals surface area (Å²) in [7, 11) is 1.52. The summed E-state index contributed by atoms with van der Waals surface area (Å²) >= 11 is 5.87. The van der Waals surface area contributed by atoms with Crippen LogP contribution in [0.5, 0.6) is 11.5 Å². The molecule has 0 fully saturated rings. The second kappa shape index (κ2) is 6.90. The maximum absolute atomic E-state index is 12.1. The maximum atomic E-state index is 12.1. The molecule has 2 rings (SSSR count). The van der Waals surface area contributed by atoms with Crippen LogP contribution in [-0.4, -0.2) is 18.1 Å². The summed E-state index contributed by atoms with van der Waals surface area (Å²) in [6.07, 6.45) is 5.34. The minimum atomic E-state index is -0.579. The van der Waals surface area contributed by atoms with Gasteiger partial charge in [0.2, 0.25) is 0 Å². The van der Waals surface area contributed by atoms with Gasteiger partial charge in [0.25, 0.3) is 0 Å². The Morgan fingerprint density at radius 3 is 2.76 bits per heavy atom. The number of carbonyl (C=O) groups is 1. The summed E-state index contributed by atoms with van der Waals surface area (Å²) in [6, 6.07) is 8.47. The van der Waals surface area contributed by atoms with Gasteiger partial charge in [0, 0.05) is 6.20 Å². The van der Waals surface area contributed by atoms with Crippen molar-refractivity contribution in [3.05, 3.63) is 58.9 Å². The van der Waals surface area contributed by atoms with E-state index in [1.807, 2.05) is 25.1 Å². The number of benzene rings is 1. The molecule has 0 radical (unpaired) electrons. The molecule has 0 amide bonds. The molecular formula is C16H14ClNO3. The number of esters is 1. The smallest absolute Gasteiger partial charge is 0.346 e. The van der Waals surface area contributed by atoms with Gasteiger partial charge in [-0.3, -0.25) is 0 Å². The normalized spacial score (nSPS) is 10.6. The van der Waals surface area contributed by atoms with Crippen molar-refractivity contribution in [1.82, 2.24) is 4.98 Å². The van der Waals surface area contributed by atoms with Crippen molar-refractivity contribution in [2.45, 2.75) is 6.92 Å². The first-order chi connectivity index (χ1) is 10.2. The van der Waals surface area contributed by atoms with E-state index in [-0.39, 0.29) is 10.7 Å². The minimum Gasteiger partial charge on any atom is -0.493 e. The van der Waals surface area contributed by atoms with Gasteiger partial charge in [-0.15, -0.1) is 0 Å². The number of pyridine rings is 1. The number of hydrogen-bond donors (Lipinski definition) is 0. The van der Waals surface area contributed by atoms with Crippen LogP contribution < -0.4 is 9.47 Å². The van der Waals surface area contributed by atoms with E-state index in [2.05, 4.69) is 4.98 Å². The lowest BCUT2D eigenvalue weighted by Crippen LogP contribution is -2.10. The molecule has 21 heavy (non-hydrogen) atoms. The average molecular weight is 304 g/mol. The fourth-order valence-corrected chi connectivity index (χ4v) is 1.95. The van der Waals surface area contributed by atoms with Crippen LogP contribution in [0.25, 0.3) is 6.08 Å². The van der Waals surface area contributed by atoms with E-state index in [1.165, 1.54) is 13.3 Å². The quantitative estimate of drug-likeness (QED) is 0.487. The monoisotopic (exact) mass is 303 g/mol. The van der Waals surface area contributed by atoms with E-state index >= 15 is 0 Å². The topological polar surface area (TPSA) is 48.4 Å². The minimum absolute atomic E-state index is 0.104. The van der Waals surface area contributed by atoms with Crippen LogP contribution in [0.15, 0.2) is 42.6 Å². The van der Waals surface area contributed by atoms with E-state index in [1.54, 1.807) is 24.3 Å². The molecule has 1 heterocycles. The summed E-state index contributed by atoms with van der Waals surface area (Å²) in [4.78, 5) is 15.9. The molecular weight excluding hydrogens is 290 g/mol. The van der Waals surface area contributed by atoms with Crippen LogP contribution >= 0.6 is 11.6 Å². The second-order valence-corrected chi connectivity index (χ2v) is 4.50. The Kier molecular flexibility index (Phi) is 4.95. The molecule has 0 saturated carbocycles. The number of ether oxygens (including phenoxy) is 2. The molecule has 108 valence electrons. The lowest BCUT2D eigenvalue weighted by atomic mass is 10.2. The van der Waals surface area contributed by atoms with Crippen LogP contribution in [0, 0.1) is 0 Å². The second-order valence-electron chi connectivity index (χ2n) is 4.14. The summed E-state index contributed by atoms with van der Waals surface area (Å²) in [5.41, 5.74) is 1.16. The van der Waals surface area contributed by atoms with Crippen molar-refractivity contribution >= 4 is 23.6 Å². The molecule has 0 aliphatic carbocycles. The van der Waals surface area contributed by atoms with Crippen LogP contribution in [0.2, 0.25) is 5.15 Å². The molecule has 0 unspecified atom stereocenters. The molecule has 0 saturated heterocycles. The zero-order chi connectivity index (χ0) is 15.2. The van der Waals surface area contributed by atoms with E-state index in [0.29, 0.717) is 11.5 Å². The number of rotatable bonds is 4. The van der Waals surface area contributed by atoms with Crippen molar-refractivity contribution in [2.75, 3.05) is 7.11 Å². The highest BCUT2D eigenvalue weighted by Crippen LogP contribution is 2.29. The molecule has 0 N–H and O–H groups in total. The maximum Gasteiger partial charge on any atom is 0.346 e. The van der Waals surface area contributed by atoms with Crippen molar-refractivity contribution in [3.8, 4) is 11.5 Å². The van der Waals surface area contributed by atoms with Crippen LogP contribution in [0.4, 0.5) is 0 Å². The molecule has 0 aliphatic rings. The van der Waals surface area contributed by atoms with Crippen LogP contribution in [0.1, 0.15) is 22.8 Å². The highest BCUT2D eigenvalue weighted by molar-refractivity contribution is 6.32. The van der Waals surface area contributed by atoms with Gasteiger partial charge in [-0.05, 0) is 36.8 Å². The Bertz CT molecular complexity index is 683. The predicted molar refractivity (Wildman–Crippen MR) is 81.9 cm³/mol. The number of aromatic nitrogens is 1. The highest BCUT2D eigenvalue weighted by atomic mass is 35.5. The molecule has 1 aromatic carbocycles. The first-order valence-corrected chi connectivity index (χ1v) is 6.67. The zero-order valence-corrected chi connectivity index (χ0v) is 12.4. The first kappa shape index (κ1) is 15.1.